The van der Waals surface area contributed by atoms with Gasteiger partial charge in [0.25, 0.3) is 0 Å². The summed E-state index contributed by atoms with van der Waals surface area (Å²) in [6.45, 7) is 9.96. The molecule has 2 nitrogen and oxygen atoms in total. The Kier molecular flexibility index (Phi) is 6.20. The second-order valence-electron chi connectivity index (χ2n) is 5.16. The highest BCUT2D eigenvalue weighted by atomic mass is 14.9. The second-order valence-corrected chi connectivity index (χ2v) is 5.16. The molecule has 0 fully saturated rings. The normalized spacial score (nSPS) is 13.0. The summed E-state index contributed by atoms with van der Waals surface area (Å²) >= 11 is 0. The maximum Gasteiger partial charge on any atom is 0.0420 e. The summed E-state index contributed by atoms with van der Waals surface area (Å²) in [5, 5.41) is 3.64. The fourth-order valence-electron chi connectivity index (χ4n) is 2.05. The molecule has 0 spiro atoms. The molecule has 0 saturated carbocycles. The van der Waals surface area contributed by atoms with Crippen LogP contribution in [0.15, 0.2) is 18.3 Å². The van der Waals surface area contributed by atoms with Gasteiger partial charge in [0.1, 0.15) is 0 Å². The second kappa shape index (κ2) is 7.44. The Bertz CT molecular complexity index is 320. The van der Waals surface area contributed by atoms with Crippen molar-refractivity contribution in [1.29, 1.82) is 0 Å². The fraction of sp³-hybridized carbons (Fsp3) is 0.667. The summed E-state index contributed by atoms with van der Waals surface area (Å²) in [6.07, 6.45) is 5.51. The van der Waals surface area contributed by atoms with E-state index in [-0.39, 0.29) is 0 Å². The molecule has 17 heavy (non-hydrogen) atoms. The van der Waals surface area contributed by atoms with Gasteiger partial charge in [-0.15, -0.1) is 0 Å². The number of aryl methyl sites for hydroxylation is 1. The molecule has 0 radical (unpaired) electrons. The van der Waals surface area contributed by atoms with E-state index in [9.17, 15) is 0 Å². The number of nitrogens with zero attached hydrogens (tertiary/aromatic N) is 1. The topological polar surface area (TPSA) is 24.9 Å². The van der Waals surface area contributed by atoms with E-state index in [4.69, 9.17) is 0 Å². The van der Waals surface area contributed by atoms with Crippen molar-refractivity contribution in [2.75, 3.05) is 6.54 Å². The Morgan fingerprint density at radius 2 is 2.06 bits per heavy atom. The van der Waals surface area contributed by atoms with Gasteiger partial charge in [0, 0.05) is 17.9 Å². The van der Waals surface area contributed by atoms with Crippen LogP contribution in [-0.2, 0) is 0 Å². The third-order valence-corrected chi connectivity index (χ3v) is 3.10. The summed E-state index contributed by atoms with van der Waals surface area (Å²) in [4.78, 5) is 4.40. The monoisotopic (exact) mass is 234 g/mol. The molecule has 1 heterocycles. The Morgan fingerprint density at radius 3 is 2.65 bits per heavy atom. The fourth-order valence-corrected chi connectivity index (χ4v) is 2.05. The van der Waals surface area contributed by atoms with Gasteiger partial charge in [-0.3, -0.25) is 4.98 Å². The van der Waals surface area contributed by atoms with Gasteiger partial charge >= 0.3 is 0 Å². The molecule has 1 aromatic rings. The summed E-state index contributed by atoms with van der Waals surface area (Å²) in [5.74, 6) is 0.762. The Hall–Kier alpha value is -0.890. The summed E-state index contributed by atoms with van der Waals surface area (Å²) in [7, 11) is 0. The lowest BCUT2D eigenvalue weighted by atomic mass is 9.96. The number of aromatic nitrogens is 1. The largest absolute Gasteiger partial charge is 0.310 e. The van der Waals surface area contributed by atoms with E-state index >= 15 is 0 Å². The van der Waals surface area contributed by atoms with Crippen LogP contribution in [-0.4, -0.2) is 11.5 Å². The number of nitrogens with one attached hydrogen (secondary N) is 1. The van der Waals surface area contributed by atoms with Crippen LogP contribution in [0.4, 0.5) is 0 Å². The van der Waals surface area contributed by atoms with Gasteiger partial charge in [-0.25, -0.2) is 0 Å². The third kappa shape index (κ3) is 4.86. The summed E-state index contributed by atoms with van der Waals surface area (Å²) < 4.78 is 0. The number of pyridine rings is 1. The van der Waals surface area contributed by atoms with Crippen LogP contribution in [0.1, 0.15) is 57.3 Å². The average molecular weight is 234 g/mol. The van der Waals surface area contributed by atoms with Crippen LogP contribution >= 0.6 is 0 Å². The van der Waals surface area contributed by atoms with E-state index < -0.39 is 0 Å². The molecule has 1 unspecified atom stereocenters. The first-order valence-electron chi connectivity index (χ1n) is 6.80. The van der Waals surface area contributed by atoms with Crippen LogP contribution < -0.4 is 5.32 Å². The maximum absolute atomic E-state index is 4.40. The molecule has 2 heteroatoms. The van der Waals surface area contributed by atoms with Crippen molar-refractivity contribution in [2.45, 2.75) is 53.0 Å². The van der Waals surface area contributed by atoms with Gasteiger partial charge in [-0.1, -0.05) is 26.8 Å². The van der Waals surface area contributed by atoms with Crippen molar-refractivity contribution in [1.82, 2.24) is 10.3 Å². The summed E-state index contributed by atoms with van der Waals surface area (Å²) in [6, 6.07) is 4.71. The van der Waals surface area contributed by atoms with Crippen LogP contribution in [0.3, 0.4) is 0 Å². The minimum absolute atomic E-state index is 0.464. The molecule has 0 saturated heterocycles. The van der Waals surface area contributed by atoms with Crippen molar-refractivity contribution < 1.29 is 0 Å². The average Bonchev–Trinajstić information content (AvgIpc) is 2.30. The SMILES string of the molecule is CCCNC(CCC(C)C)c1cccnc1C. The van der Waals surface area contributed by atoms with E-state index in [2.05, 4.69) is 44.1 Å². The lowest BCUT2D eigenvalue weighted by Crippen LogP contribution is -2.23. The van der Waals surface area contributed by atoms with Crippen molar-refractivity contribution in [3.05, 3.63) is 29.6 Å². The number of hydrogen-bond acceptors (Lipinski definition) is 2. The number of rotatable bonds is 7. The van der Waals surface area contributed by atoms with E-state index in [1.54, 1.807) is 0 Å². The van der Waals surface area contributed by atoms with Gasteiger partial charge in [0.2, 0.25) is 0 Å². The highest BCUT2D eigenvalue weighted by Crippen LogP contribution is 2.22. The third-order valence-electron chi connectivity index (χ3n) is 3.10. The van der Waals surface area contributed by atoms with E-state index in [0.717, 1.165) is 18.2 Å². The molecule has 0 aromatic carbocycles. The molecule has 1 aromatic heterocycles. The summed E-state index contributed by atoms with van der Waals surface area (Å²) in [5.41, 5.74) is 2.52. The van der Waals surface area contributed by atoms with Gasteiger partial charge < -0.3 is 5.32 Å². The predicted molar refractivity (Wildman–Crippen MR) is 74.1 cm³/mol. The van der Waals surface area contributed by atoms with Crippen molar-refractivity contribution in [3.63, 3.8) is 0 Å². The zero-order chi connectivity index (χ0) is 12.7. The molecule has 0 aliphatic rings. The quantitative estimate of drug-likeness (QED) is 0.774. The lowest BCUT2D eigenvalue weighted by molar-refractivity contribution is 0.438. The Balaban J connectivity index is 2.71. The first kappa shape index (κ1) is 14.2. The molecule has 1 N–H and O–H groups in total. The Morgan fingerprint density at radius 1 is 1.29 bits per heavy atom. The zero-order valence-corrected chi connectivity index (χ0v) is 11.7. The Labute approximate surface area is 106 Å². The van der Waals surface area contributed by atoms with Gasteiger partial charge in [-0.05, 0) is 50.3 Å². The lowest BCUT2D eigenvalue weighted by Gasteiger charge is -2.21. The minimum Gasteiger partial charge on any atom is -0.310 e. The first-order chi connectivity index (χ1) is 8.15. The molecule has 1 rings (SSSR count). The van der Waals surface area contributed by atoms with Crippen molar-refractivity contribution >= 4 is 0 Å². The highest BCUT2D eigenvalue weighted by molar-refractivity contribution is 5.22. The minimum atomic E-state index is 0.464. The van der Waals surface area contributed by atoms with E-state index in [1.807, 2.05) is 12.3 Å². The molecular formula is C15H26N2. The van der Waals surface area contributed by atoms with Crippen molar-refractivity contribution in [3.8, 4) is 0 Å². The maximum atomic E-state index is 4.40. The van der Waals surface area contributed by atoms with E-state index in [0.29, 0.717) is 6.04 Å². The van der Waals surface area contributed by atoms with Crippen LogP contribution in [0.25, 0.3) is 0 Å². The number of hydrogen-bond donors (Lipinski definition) is 1. The standard InChI is InChI=1S/C15H26N2/c1-5-10-17-15(9-8-12(2)3)14-7-6-11-16-13(14)4/h6-7,11-12,15,17H,5,8-10H2,1-4H3. The van der Waals surface area contributed by atoms with E-state index in [1.165, 1.54) is 24.8 Å². The highest BCUT2D eigenvalue weighted by Gasteiger charge is 2.13. The predicted octanol–water partition coefficient (Wildman–Crippen LogP) is 3.87. The smallest absolute Gasteiger partial charge is 0.0420 e. The van der Waals surface area contributed by atoms with Crippen molar-refractivity contribution in [2.24, 2.45) is 5.92 Å². The van der Waals surface area contributed by atoms with Gasteiger partial charge in [0.05, 0.1) is 0 Å². The molecule has 0 bridgehead atoms. The molecule has 1 atom stereocenters. The molecule has 0 aliphatic heterocycles. The van der Waals surface area contributed by atoms with Crippen LogP contribution in [0, 0.1) is 12.8 Å². The molecule has 96 valence electrons. The first-order valence-corrected chi connectivity index (χ1v) is 6.80. The molecule has 0 amide bonds. The van der Waals surface area contributed by atoms with Gasteiger partial charge in [0.15, 0.2) is 0 Å². The van der Waals surface area contributed by atoms with Crippen LogP contribution in [0.2, 0.25) is 0 Å². The molecular weight excluding hydrogens is 208 g/mol. The molecule has 0 aliphatic carbocycles. The van der Waals surface area contributed by atoms with Gasteiger partial charge in [-0.2, -0.15) is 0 Å². The van der Waals surface area contributed by atoms with Crippen LogP contribution in [0.5, 0.6) is 0 Å². The zero-order valence-electron chi connectivity index (χ0n) is 11.7.